The van der Waals surface area contributed by atoms with Gasteiger partial charge in [0.25, 0.3) is 0 Å². The Morgan fingerprint density at radius 1 is 0.743 bits per heavy atom. The number of nitrogens with one attached hydrogen (secondary N) is 1. The number of methoxy groups -OCH3 is 4. The van der Waals surface area contributed by atoms with Crippen LogP contribution in [0.1, 0.15) is 22.7 Å². The van der Waals surface area contributed by atoms with Crippen molar-refractivity contribution >= 4 is 0 Å². The highest BCUT2D eigenvalue weighted by molar-refractivity contribution is 5.58. The van der Waals surface area contributed by atoms with E-state index in [1.807, 2.05) is 54.6 Å². The fraction of sp³-hybridized carbons (Fsp3) is 0.357. The second-order valence-corrected chi connectivity index (χ2v) is 8.30. The third-order valence-corrected chi connectivity index (χ3v) is 6.27. The van der Waals surface area contributed by atoms with Crippen molar-refractivity contribution in [3.8, 4) is 28.7 Å². The molecule has 35 heavy (non-hydrogen) atoms. The molecule has 0 aromatic heterocycles. The van der Waals surface area contributed by atoms with E-state index < -0.39 is 0 Å². The second-order valence-electron chi connectivity index (χ2n) is 8.30. The van der Waals surface area contributed by atoms with Gasteiger partial charge in [0.15, 0.2) is 23.0 Å². The van der Waals surface area contributed by atoms with Gasteiger partial charge in [-0.2, -0.15) is 0 Å². The van der Waals surface area contributed by atoms with Crippen LogP contribution in [0.25, 0.3) is 0 Å². The van der Waals surface area contributed by atoms with Gasteiger partial charge < -0.3 is 29.0 Å². The third kappa shape index (κ3) is 5.47. The van der Waals surface area contributed by atoms with Gasteiger partial charge in [0, 0.05) is 31.7 Å². The van der Waals surface area contributed by atoms with E-state index in [0.29, 0.717) is 29.6 Å². The molecule has 7 heteroatoms. The van der Waals surface area contributed by atoms with Crippen LogP contribution < -0.4 is 29.0 Å². The molecule has 3 aromatic rings. The average Bonchev–Trinajstić information content (AvgIpc) is 2.92. The lowest BCUT2D eigenvalue weighted by molar-refractivity contribution is 0.193. The van der Waals surface area contributed by atoms with Crippen LogP contribution in [0.3, 0.4) is 0 Å². The molecule has 1 N–H and O–H groups in total. The number of piperazine rings is 1. The van der Waals surface area contributed by atoms with Crippen LogP contribution in [-0.4, -0.2) is 59.5 Å². The molecule has 0 spiro atoms. The van der Waals surface area contributed by atoms with Crippen molar-refractivity contribution in [3.63, 3.8) is 0 Å². The monoisotopic (exact) mass is 478 g/mol. The molecule has 1 fully saturated rings. The maximum absolute atomic E-state index is 6.19. The Bertz CT molecular complexity index is 1070. The number of ether oxygens (including phenoxy) is 5. The smallest absolute Gasteiger partial charge is 0.203 e. The van der Waals surface area contributed by atoms with Gasteiger partial charge in [0.1, 0.15) is 6.61 Å². The van der Waals surface area contributed by atoms with Crippen LogP contribution in [0, 0.1) is 0 Å². The van der Waals surface area contributed by atoms with Crippen LogP contribution >= 0.6 is 0 Å². The standard InChI is InChI=1S/C28H34N2O5/c1-31-23-12-8-11-22(27(23)34-4)26(30-15-13-29-14-16-30)21-17-24(32-2)28(25(18-21)33-3)35-19-20-9-6-5-7-10-20/h5-12,17-18,26,29H,13-16,19H2,1-4H3. The highest BCUT2D eigenvalue weighted by atomic mass is 16.5. The summed E-state index contributed by atoms with van der Waals surface area (Å²) in [6, 6.07) is 20.0. The van der Waals surface area contributed by atoms with Crippen LogP contribution in [0.5, 0.6) is 28.7 Å². The Morgan fingerprint density at radius 3 is 2.00 bits per heavy atom. The summed E-state index contributed by atoms with van der Waals surface area (Å²) >= 11 is 0. The highest BCUT2D eigenvalue weighted by Gasteiger charge is 2.30. The van der Waals surface area contributed by atoms with E-state index in [1.54, 1.807) is 28.4 Å². The molecule has 0 amide bonds. The molecule has 7 nitrogen and oxygen atoms in total. The summed E-state index contributed by atoms with van der Waals surface area (Å²) in [5.74, 6) is 3.25. The van der Waals surface area contributed by atoms with Gasteiger partial charge in [-0.05, 0) is 29.3 Å². The van der Waals surface area contributed by atoms with Crippen LogP contribution in [0.4, 0.5) is 0 Å². The van der Waals surface area contributed by atoms with Crippen molar-refractivity contribution in [2.24, 2.45) is 0 Å². The minimum Gasteiger partial charge on any atom is -0.493 e. The van der Waals surface area contributed by atoms with Gasteiger partial charge in [0.05, 0.1) is 34.5 Å². The second kappa shape index (κ2) is 11.8. The molecule has 0 aliphatic carbocycles. The van der Waals surface area contributed by atoms with Crippen molar-refractivity contribution in [1.29, 1.82) is 0 Å². The molecular formula is C28H34N2O5. The summed E-state index contributed by atoms with van der Waals surface area (Å²) in [6.07, 6.45) is 0. The molecule has 186 valence electrons. The lowest BCUT2D eigenvalue weighted by Gasteiger charge is -2.36. The van der Waals surface area contributed by atoms with E-state index in [4.69, 9.17) is 23.7 Å². The zero-order chi connectivity index (χ0) is 24.6. The van der Waals surface area contributed by atoms with Gasteiger partial charge in [0.2, 0.25) is 5.75 Å². The van der Waals surface area contributed by atoms with E-state index in [2.05, 4.69) is 16.3 Å². The van der Waals surface area contributed by atoms with Gasteiger partial charge in [-0.1, -0.05) is 42.5 Å². The predicted octanol–water partition coefficient (Wildman–Crippen LogP) is 4.29. The number of rotatable bonds is 10. The number of para-hydroxylation sites is 1. The minimum absolute atomic E-state index is 0.0897. The molecule has 3 aromatic carbocycles. The van der Waals surface area contributed by atoms with Crippen LogP contribution in [0.15, 0.2) is 60.7 Å². The fourth-order valence-electron chi connectivity index (χ4n) is 4.58. The van der Waals surface area contributed by atoms with E-state index in [-0.39, 0.29) is 6.04 Å². The minimum atomic E-state index is -0.0897. The first-order valence-electron chi connectivity index (χ1n) is 11.8. The predicted molar refractivity (Wildman–Crippen MR) is 136 cm³/mol. The Kier molecular flexibility index (Phi) is 8.34. The van der Waals surface area contributed by atoms with Gasteiger partial charge in [-0.3, -0.25) is 4.90 Å². The van der Waals surface area contributed by atoms with Gasteiger partial charge >= 0.3 is 0 Å². The molecule has 1 saturated heterocycles. The van der Waals surface area contributed by atoms with E-state index in [9.17, 15) is 0 Å². The molecule has 0 saturated carbocycles. The fourth-order valence-corrected chi connectivity index (χ4v) is 4.58. The first kappa shape index (κ1) is 24.7. The molecule has 1 atom stereocenters. The Balaban J connectivity index is 1.79. The lowest BCUT2D eigenvalue weighted by Crippen LogP contribution is -2.45. The number of nitrogens with zero attached hydrogens (tertiary/aromatic N) is 1. The maximum atomic E-state index is 6.19. The summed E-state index contributed by atoms with van der Waals surface area (Å²) in [4.78, 5) is 2.44. The largest absolute Gasteiger partial charge is 0.493 e. The zero-order valence-corrected chi connectivity index (χ0v) is 20.9. The first-order valence-corrected chi connectivity index (χ1v) is 11.8. The summed E-state index contributed by atoms with van der Waals surface area (Å²) in [6.45, 7) is 4.02. The topological polar surface area (TPSA) is 61.4 Å². The summed E-state index contributed by atoms with van der Waals surface area (Å²) in [5, 5.41) is 3.44. The first-order chi connectivity index (χ1) is 17.2. The average molecular weight is 479 g/mol. The highest BCUT2D eigenvalue weighted by Crippen LogP contribution is 2.45. The van der Waals surface area contributed by atoms with Crippen molar-refractivity contribution in [2.75, 3.05) is 54.6 Å². The van der Waals surface area contributed by atoms with E-state index >= 15 is 0 Å². The molecule has 1 aliphatic rings. The summed E-state index contributed by atoms with van der Waals surface area (Å²) in [5.41, 5.74) is 3.12. The Morgan fingerprint density at radius 2 is 1.40 bits per heavy atom. The molecular weight excluding hydrogens is 444 g/mol. The summed E-state index contributed by atoms with van der Waals surface area (Å²) < 4.78 is 29.2. The summed E-state index contributed by atoms with van der Waals surface area (Å²) in [7, 11) is 6.64. The van der Waals surface area contributed by atoms with Crippen LogP contribution in [-0.2, 0) is 6.61 Å². The molecule has 1 unspecified atom stereocenters. The van der Waals surface area contributed by atoms with E-state index in [1.165, 1.54) is 0 Å². The van der Waals surface area contributed by atoms with Crippen molar-refractivity contribution in [3.05, 3.63) is 77.4 Å². The number of hydrogen-bond donors (Lipinski definition) is 1. The molecule has 0 radical (unpaired) electrons. The SMILES string of the molecule is COc1cc(C(c2cccc(OC)c2OC)N2CCNCC2)cc(OC)c1OCc1ccccc1. The van der Waals surface area contributed by atoms with Gasteiger partial charge in [-0.15, -0.1) is 0 Å². The third-order valence-electron chi connectivity index (χ3n) is 6.27. The molecule has 0 bridgehead atoms. The maximum Gasteiger partial charge on any atom is 0.203 e. The number of hydrogen-bond acceptors (Lipinski definition) is 7. The number of benzene rings is 3. The quantitative estimate of drug-likeness (QED) is 0.466. The Hall–Kier alpha value is -3.42. The van der Waals surface area contributed by atoms with Crippen molar-refractivity contribution in [1.82, 2.24) is 10.2 Å². The van der Waals surface area contributed by atoms with Crippen LogP contribution in [0.2, 0.25) is 0 Å². The Labute approximate surface area is 207 Å². The normalized spacial score (nSPS) is 14.7. The molecule has 4 rings (SSSR count). The van der Waals surface area contributed by atoms with Gasteiger partial charge in [-0.25, -0.2) is 0 Å². The van der Waals surface area contributed by atoms with E-state index in [0.717, 1.165) is 48.6 Å². The molecule has 1 aliphatic heterocycles. The molecule has 1 heterocycles. The van der Waals surface area contributed by atoms with Crippen molar-refractivity contribution in [2.45, 2.75) is 12.6 Å². The van der Waals surface area contributed by atoms with Crippen molar-refractivity contribution < 1.29 is 23.7 Å². The lowest BCUT2D eigenvalue weighted by atomic mass is 9.94. The zero-order valence-electron chi connectivity index (χ0n) is 20.9.